The topological polar surface area (TPSA) is 44.8 Å². The largest absolute Gasteiger partial charge is 0.379 e. The van der Waals surface area contributed by atoms with Crippen molar-refractivity contribution >= 4 is 11.6 Å². The van der Waals surface area contributed by atoms with Crippen molar-refractivity contribution in [1.82, 2.24) is 10.2 Å². The predicted molar refractivity (Wildman–Crippen MR) is 105 cm³/mol. The fraction of sp³-hybridized carbons (Fsp3) is 0.381. The molecular weight excluding hydrogens is 345 g/mol. The number of morpholine rings is 1. The molecule has 1 aliphatic heterocycles. The van der Waals surface area contributed by atoms with Crippen molar-refractivity contribution in [3.8, 4) is 0 Å². The number of amides is 1. The van der Waals surface area contributed by atoms with Crippen molar-refractivity contribution in [3.63, 3.8) is 0 Å². The molecule has 2 aromatic carbocycles. The molecule has 27 heavy (non-hydrogen) atoms. The number of hydrogen-bond acceptors (Lipinski definition) is 4. The highest BCUT2D eigenvalue weighted by atomic mass is 19.1. The van der Waals surface area contributed by atoms with E-state index in [1.54, 1.807) is 12.1 Å². The first kappa shape index (κ1) is 19.3. The summed E-state index contributed by atoms with van der Waals surface area (Å²) in [6.07, 6.45) is 0. The molecule has 0 spiro atoms. The lowest BCUT2D eigenvalue weighted by atomic mass is 10.0. The van der Waals surface area contributed by atoms with Crippen LogP contribution in [0.3, 0.4) is 0 Å². The Morgan fingerprint density at radius 1 is 1.15 bits per heavy atom. The van der Waals surface area contributed by atoms with Crippen LogP contribution in [0.2, 0.25) is 0 Å². The van der Waals surface area contributed by atoms with Gasteiger partial charge in [0.05, 0.1) is 24.8 Å². The van der Waals surface area contributed by atoms with Crippen LogP contribution < -0.4 is 10.2 Å². The van der Waals surface area contributed by atoms with Crippen LogP contribution in [0.15, 0.2) is 48.5 Å². The number of halogens is 1. The molecule has 0 radical (unpaired) electrons. The first-order valence-electron chi connectivity index (χ1n) is 9.18. The van der Waals surface area contributed by atoms with Crippen molar-refractivity contribution in [2.75, 3.05) is 51.8 Å². The maximum atomic E-state index is 13.9. The number of nitrogens with zero attached hydrogens (tertiary/aromatic N) is 2. The van der Waals surface area contributed by atoms with Crippen LogP contribution in [0.5, 0.6) is 0 Å². The molecule has 2 aromatic rings. The lowest BCUT2D eigenvalue weighted by Crippen LogP contribution is -2.43. The van der Waals surface area contributed by atoms with Crippen LogP contribution in [0.4, 0.5) is 10.1 Å². The molecule has 1 unspecified atom stereocenters. The lowest BCUT2D eigenvalue weighted by Gasteiger charge is -2.35. The zero-order valence-corrected chi connectivity index (χ0v) is 15.8. The number of carbonyl (C=O) groups is 1. The van der Waals surface area contributed by atoms with Crippen molar-refractivity contribution in [1.29, 1.82) is 0 Å². The highest BCUT2D eigenvalue weighted by Crippen LogP contribution is 2.24. The zero-order valence-electron chi connectivity index (χ0n) is 15.8. The van der Waals surface area contributed by atoms with Crippen molar-refractivity contribution in [3.05, 3.63) is 65.5 Å². The van der Waals surface area contributed by atoms with E-state index in [0.717, 1.165) is 24.3 Å². The normalized spacial score (nSPS) is 16.0. The molecule has 144 valence electrons. The average Bonchev–Trinajstić information content (AvgIpc) is 2.69. The van der Waals surface area contributed by atoms with Gasteiger partial charge in [-0.3, -0.25) is 9.69 Å². The molecule has 1 amide bonds. The Morgan fingerprint density at radius 2 is 1.81 bits per heavy atom. The van der Waals surface area contributed by atoms with Crippen LogP contribution in [0, 0.1) is 5.82 Å². The fourth-order valence-electron chi connectivity index (χ4n) is 3.27. The van der Waals surface area contributed by atoms with E-state index in [2.05, 4.69) is 34.5 Å². The van der Waals surface area contributed by atoms with Gasteiger partial charge in [0.25, 0.3) is 5.91 Å². The minimum atomic E-state index is -0.506. The van der Waals surface area contributed by atoms with Gasteiger partial charge in [0.15, 0.2) is 0 Å². The van der Waals surface area contributed by atoms with Crippen molar-refractivity contribution in [2.24, 2.45) is 0 Å². The van der Waals surface area contributed by atoms with E-state index >= 15 is 0 Å². The van der Waals surface area contributed by atoms with Gasteiger partial charge in [-0.05, 0) is 29.8 Å². The summed E-state index contributed by atoms with van der Waals surface area (Å²) in [4.78, 5) is 16.8. The number of carbonyl (C=O) groups excluding carboxylic acids is 1. The molecule has 1 heterocycles. The Labute approximate surface area is 159 Å². The Hall–Kier alpha value is -2.44. The summed E-state index contributed by atoms with van der Waals surface area (Å²) in [6.45, 7) is 3.36. The zero-order chi connectivity index (χ0) is 19.2. The third kappa shape index (κ3) is 4.84. The molecule has 1 aliphatic rings. The Balaban J connectivity index is 1.75. The number of ether oxygens (including phenoxy) is 1. The van der Waals surface area contributed by atoms with Crippen molar-refractivity contribution < 1.29 is 13.9 Å². The van der Waals surface area contributed by atoms with Gasteiger partial charge >= 0.3 is 0 Å². The second-order valence-electron chi connectivity index (χ2n) is 6.84. The molecule has 1 saturated heterocycles. The maximum Gasteiger partial charge on any atom is 0.254 e. The summed E-state index contributed by atoms with van der Waals surface area (Å²) in [7, 11) is 4.01. The molecule has 6 heteroatoms. The van der Waals surface area contributed by atoms with Gasteiger partial charge in [0, 0.05) is 39.4 Å². The van der Waals surface area contributed by atoms with E-state index < -0.39 is 11.7 Å². The van der Waals surface area contributed by atoms with Gasteiger partial charge < -0.3 is 15.0 Å². The summed E-state index contributed by atoms with van der Waals surface area (Å²) in [5.41, 5.74) is 2.31. The van der Waals surface area contributed by atoms with Gasteiger partial charge in [-0.25, -0.2) is 4.39 Å². The van der Waals surface area contributed by atoms with E-state index in [-0.39, 0.29) is 11.6 Å². The highest BCUT2D eigenvalue weighted by Gasteiger charge is 2.24. The summed E-state index contributed by atoms with van der Waals surface area (Å²) in [5.74, 6) is -0.899. The molecule has 0 saturated carbocycles. The Morgan fingerprint density at radius 3 is 2.44 bits per heavy atom. The van der Waals surface area contributed by atoms with Crippen LogP contribution in [0.25, 0.3) is 0 Å². The van der Waals surface area contributed by atoms with Crippen LogP contribution in [0.1, 0.15) is 22.0 Å². The molecule has 5 nitrogen and oxygen atoms in total. The molecule has 0 bridgehead atoms. The molecule has 3 rings (SSSR count). The van der Waals surface area contributed by atoms with Crippen LogP contribution in [-0.4, -0.2) is 57.8 Å². The second kappa shape index (κ2) is 8.97. The third-order valence-corrected chi connectivity index (χ3v) is 4.86. The first-order chi connectivity index (χ1) is 13.1. The number of anilines is 1. The summed E-state index contributed by atoms with van der Waals surface area (Å²) < 4.78 is 19.3. The minimum Gasteiger partial charge on any atom is -0.379 e. The Kier molecular flexibility index (Phi) is 6.42. The lowest BCUT2D eigenvalue weighted by molar-refractivity contribution is 0.0162. The quantitative estimate of drug-likeness (QED) is 0.848. The fourth-order valence-corrected chi connectivity index (χ4v) is 3.27. The number of rotatable bonds is 6. The standard InChI is InChI=1S/C21H26FN3O2/c1-24(2)17-9-7-16(8-10-17)20(25-11-13-27-14-12-25)15-23-21(26)18-5-3-4-6-19(18)22/h3-10,20H,11-15H2,1-2H3,(H,23,26). The molecule has 1 fully saturated rings. The maximum absolute atomic E-state index is 13.9. The SMILES string of the molecule is CN(C)c1ccc(C(CNC(=O)c2ccccc2F)N2CCOCC2)cc1. The summed E-state index contributed by atoms with van der Waals surface area (Å²) in [5, 5.41) is 2.90. The number of hydrogen-bond donors (Lipinski definition) is 1. The van der Waals surface area contributed by atoms with E-state index in [4.69, 9.17) is 4.74 Å². The van der Waals surface area contributed by atoms with Gasteiger partial charge in [-0.2, -0.15) is 0 Å². The van der Waals surface area contributed by atoms with E-state index in [9.17, 15) is 9.18 Å². The third-order valence-electron chi connectivity index (χ3n) is 4.86. The number of nitrogens with one attached hydrogen (secondary N) is 1. The van der Waals surface area contributed by atoms with Gasteiger partial charge in [0.2, 0.25) is 0 Å². The van der Waals surface area contributed by atoms with Gasteiger partial charge in [-0.1, -0.05) is 24.3 Å². The monoisotopic (exact) mass is 371 g/mol. The van der Waals surface area contributed by atoms with E-state index in [1.807, 2.05) is 19.0 Å². The number of benzene rings is 2. The molecule has 0 aliphatic carbocycles. The van der Waals surface area contributed by atoms with Crippen molar-refractivity contribution in [2.45, 2.75) is 6.04 Å². The molecule has 0 aromatic heterocycles. The first-order valence-corrected chi connectivity index (χ1v) is 9.18. The second-order valence-corrected chi connectivity index (χ2v) is 6.84. The van der Waals surface area contributed by atoms with Crippen LogP contribution in [-0.2, 0) is 4.74 Å². The predicted octanol–water partition coefficient (Wildman–Crippen LogP) is 2.70. The highest BCUT2D eigenvalue weighted by molar-refractivity contribution is 5.94. The van der Waals surface area contributed by atoms with E-state index in [1.165, 1.54) is 12.1 Å². The molecular formula is C21H26FN3O2. The van der Waals surface area contributed by atoms with Gasteiger partial charge in [-0.15, -0.1) is 0 Å². The van der Waals surface area contributed by atoms with E-state index in [0.29, 0.717) is 19.8 Å². The summed E-state index contributed by atoms with van der Waals surface area (Å²) in [6, 6.07) is 14.4. The van der Waals surface area contributed by atoms with Gasteiger partial charge in [0.1, 0.15) is 5.82 Å². The minimum absolute atomic E-state index is 0.0147. The smallest absolute Gasteiger partial charge is 0.254 e. The van der Waals surface area contributed by atoms with Crippen LogP contribution >= 0.6 is 0 Å². The summed E-state index contributed by atoms with van der Waals surface area (Å²) >= 11 is 0. The Bertz CT molecular complexity index is 758. The average molecular weight is 371 g/mol. The molecule has 1 atom stereocenters. The molecule has 1 N–H and O–H groups in total.